The fourth-order valence-electron chi connectivity index (χ4n) is 2.83. The number of nitriles is 1. The van der Waals surface area contributed by atoms with Crippen molar-refractivity contribution in [2.45, 2.75) is 26.1 Å². The lowest BCUT2D eigenvalue weighted by Crippen LogP contribution is -2.38. The number of fused-ring (bicyclic) bond motifs is 1. The highest BCUT2D eigenvalue weighted by atomic mass is 16.2. The predicted octanol–water partition coefficient (Wildman–Crippen LogP) is 1.65. The molecule has 3 heterocycles. The number of aryl methyl sites for hydroxylation is 1. The van der Waals surface area contributed by atoms with E-state index >= 15 is 0 Å². The van der Waals surface area contributed by atoms with Crippen LogP contribution in [-0.2, 0) is 19.6 Å². The Hall–Kier alpha value is -3.08. The van der Waals surface area contributed by atoms with E-state index in [0.29, 0.717) is 24.5 Å². The fraction of sp³-hybridized carbons (Fsp3) is 0.412. The Morgan fingerprint density at radius 1 is 1.40 bits per heavy atom. The normalized spacial score (nSPS) is 13.6. The van der Waals surface area contributed by atoms with Crippen molar-refractivity contribution in [1.29, 1.82) is 5.26 Å². The van der Waals surface area contributed by atoms with Gasteiger partial charge in [0.15, 0.2) is 0 Å². The van der Waals surface area contributed by atoms with Crippen LogP contribution in [0.15, 0.2) is 24.4 Å². The first-order chi connectivity index (χ1) is 12.1. The van der Waals surface area contributed by atoms with Crippen molar-refractivity contribution in [3.63, 3.8) is 0 Å². The van der Waals surface area contributed by atoms with Crippen molar-refractivity contribution in [2.75, 3.05) is 26.0 Å². The largest absolute Gasteiger partial charge is 0.364 e. The lowest BCUT2D eigenvalue weighted by Gasteiger charge is -2.23. The zero-order valence-electron chi connectivity index (χ0n) is 14.4. The Morgan fingerprint density at radius 2 is 2.24 bits per heavy atom. The van der Waals surface area contributed by atoms with E-state index in [0.717, 1.165) is 30.9 Å². The molecule has 0 fully saturated rings. The summed E-state index contributed by atoms with van der Waals surface area (Å²) in [7, 11) is 3.53. The maximum atomic E-state index is 12.2. The van der Waals surface area contributed by atoms with E-state index in [9.17, 15) is 4.79 Å². The molecule has 0 atom stereocenters. The van der Waals surface area contributed by atoms with Crippen molar-refractivity contribution in [2.24, 2.45) is 0 Å². The van der Waals surface area contributed by atoms with Gasteiger partial charge in [-0.05, 0) is 24.6 Å². The molecule has 0 bridgehead atoms. The van der Waals surface area contributed by atoms with Crippen LogP contribution in [-0.4, -0.2) is 51.2 Å². The van der Waals surface area contributed by atoms with Gasteiger partial charge >= 0.3 is 6.03 Å². The van der Waals surface area contributed by atoms with Crippen LogP contribution in [0.3, 0.4) is 0 Å². The number of amides is 2. The molecule has 3 rings (SSSR count). The third-order valence-electron chi connectivity index (χ3n) is 4.06. The summed E-state index contributed by atoms with van der Waals surface area (Å²) >= 11 is 0. The number of pyridine rings is 1. The average molecular weight is 339 g/mol. The number of aromatic nitrogens is 3. The average Bonchev–Trinajstić information content (AvgIpc) is 2.89. The molecule has 1 aliphatic rings. The maximum Gasteiger partial charge on any atom is 0.319 e. The summed E-state index contributed by atoms with van der Waals surface area (Å²) in [5.74, 6) is 0.645. The quantitative estimate of drug-likeness (QED) is 0.918. The SMILES string of the molecule is CN(C)C(=O)N1CCCn2nc(CNc3cc(C#N)ccn3)cc2C1. The number of nitrogens with one attached hydrogen (secondary N) is 1. The zero-order valence-corrected chi connectivity index (χ0v) is 14.4. The highest BCUT2D eigenvalue weighted by molar-refractivity contribution is 5.73. The number of rotatable bonds is 3. The van der Waals surface area contributed by atoms with E-state index in [1.807, 2.05) is 15.6 Å². The summed E-state index contributed by atoms with van der Waals surface area (Å²) in [4.78, 5) is 19.9. The molecule has 0 spiro atoms. The molecule has 0 radical (unpaired) electrons. The number of carbonyl (C=O) groups excluding carboxylic acids is 1. The first kappa shape index (κ1) is 16.8. The zero-order chi connectivity index (χ0) is 17.8. The molecular formula is C17H21N7O. The molecule has 0 aromatic carbocycles. The summed E-state index contributed by atoms with van der Waals surface area (Å²) in [6.45, 7) is 2.61. The molecule has 130 valence electrons. The molecule has 8 heteroatoms. The number of hydrogen-bond acceptors (Lipinski definition) is 5. The molecule has 8 nitrogen and oxygen atoms in total. The van der Waals surface area contributed by atoms with Crippen LogP contribution in [0.25, 0.3) is 0 Å². The molecule has 0 saturated carbocycles. The number of hydrogen-bond donors (Lipinski definition) is 1. The first-order valence-corrected chi connectivity index (χ1v) is 8.18. The van der Waals surface area contributed by atoms with Gasteiger partial charge < -0.3 is 15.1 Å². The van der Waals surface area contributed by atoms with Gasteiger partial charge in [-0.15, -0.1) is 0 Å². The molecule has 2 aromatic rings. The van der Waals surface area contributed by atoms with Crippen LogP contribution in [0.4, 0.5) is 10.6 Å². The molecule has 0 unspecified atom stereocenters. The van der Waals surface area contributed by atoms with Crippen LogP contribution in [0.2, 0.25) is 0 Å². The number of carbonyl (C=O) groups is 1. The van der Waals surface area contributed by atoms with Crippen molar-refractivity contribution in [3.05, 3.63) is 41.3 Å². The van der Waals surface area contributed by atoms with Crippen molar-refractivity contribution in [1.82, 2.24) is 24.6 Å². The Labute approximate surface area is 146 Å². The molecule has 1 aliphatic heterocycles. The van der Waals surface area contributed by atoms with Gasteiger partial charge in [0.05, 0.1) is 36.1 Å². The number of nitrogens with zero attached hydrogens (tertiary/aromatic N) is 6. The number of anilines is 1. The second kappa shape index (κ2) is 7.21. The lowest BCUT2D eigenvalue weighted by molar-refractivity contribution is 0.169. The van der Waals surface area contributed by atoms with Crippen molar-refractivity contribution < 1.29 is 4.79 Å². The van der Waals surface area contributed by atoms with Crippen LogP contribution in [0, 0.1) is 11.3 Å². The Balaban J connectivity index is 1.69. The molecule has 0 saturated heterocycles. The van der Waals surface area contributed by atoms with Gasteiger partial charge in [0, 0.05) is 33.4 Å². The lowest BCUT2D eigenvalue weighted by atomic mass is 10.3. The third-order valence-corrected chi connectivity index (χ3v) is 4.06. The topological polar surface area (TPSA) is 90.1 Å². The fourth-order valence-corrected chi connectivity index (χ4v) is 2.83. The second-order valence-electron chi connectivity index (χ2n) is 6.20. The van der Waals surface area contributed by atoms with Gasteiger partial charge in [0.2, 0.25) is 0 Å². The minimum atomic E-state index is 0.0202. The summed E-state index contributed by atoms with van der Waals surface area (Å²) in [6.07, 6.45) is 2.49. The van der Waals surface area contributed by atoms with E-state index in [-0.39, 0.29) is 6.03 Å². The minimum absolute atomic E-state index is 0.0202. The van der Waals surface area contributed by atoms with Crippen LogP contribution in [0.5, 0.6) is 0 Å². The predicted molar refractivity (Wildman–Crippen MR) is 92.6 cm³/mol. The Morgan fingerprint density at radius 3 is 3.00 bits per heavy atom. The van der Waals surface area contributed by atoms with Crippen LogP contribution >= 0.6 is 0 Å². The van der Waals surface area contributed by atoms with Crippen molar-refractivity contribution in [3.8, 4) is 6.07 Å². The molecule has 2 amide bonds. The Kier molecular flexibility index (Phi) is 4.84. The standard InChI is InChI=1S/C17H21N7O/c1-22(2)17(25)23-6-3-7-24-15(12-23)9-14(21-24)11-20-16-8-13(10-18)4-5-19-16/h4-5,8-9H,3,6-7,11-12H2,1-2H3,(H,19,20). The van der Waals surface area contributed by atoms with E-state index in [4.69, 9.17) is 5.26 Å². The summed E-state index contributed by atoms with van der Waals surface area (Å²) < 4.78 is 1.97. The van der Waals surface area contributed by atoms with E-state index < -0.39 is 0 Å². The van der Waals surface area contributed by atoms with Crippen LogP contribution < -0.4 is 5.32 Å². The van der Waals surface area contributed by atoms with Gasteiger partial charge in [0.25, 0.3) is 0 Å². The molecule has 25 heavy (non-hydrogen) atoms. The molecule has 1 N–H and O–H groups in total. The summed E-state index contributed by atoms with van der Waals surface area (Å²) in [6, 6.07) is 7.51. The molecule has 0 aliphatic carbocycles. The smallest absolute Gasteiger partial charge is 0.319 e. The minimum Gasteiger partial charge on any atom is -0.364 e. The molecular weight excluding hydrogens is 318 g/mol. The maximum absolute atomic E-state index is 12.2. The van der Waals surface area contributed by atoms with Gasteiger partial charge in [-0.3, -0.25) is 4.68 Å². The van der Waals surface area contributed by atoms with E-state index in [1.54, 1.807) is 37.3 Å². The van der Waals surface area contributed by atoms with E-state index in [2.05, 4.69) is 21.5 Å². The summed E-state index contributed by atoms with van der Waals surface area (Å²) in [5.41, 5.74) is 2.48. The van der Waals surface area contributed by atoms with Crippen LogP contribution in [0.1, 0.15) is 23.4 Å². The van der Waals surface area contributed by atoms with Crippen molar-refractivity contribution >= 4 is 11.8 Å². The Bertz CT molecular complexity index is 806. The third kappa shape index (κ3) is 3.88. The summed E-state index contributed by atoms with van der Waals surface area (Å²) in [5, 5.41) is 16.7. The second-order valence-corrected chi connectivity index (χ2v) is 6.20. The van der Waals surface area contributed by atoms with Gasteiger partial charge in [-0.2, -0.15) is 10.4 Å². The monoisotopic (exact) mass is 339 g/mol. The van der Waals surface area contributed by atoms with Gasteiger partial charge in [0.1, 0.15) is 5.82 Å². The highest BCUT2D eigenvalue weighted by Crippen LogP contribution is 2.16. The van der Waals surface area contributed by atoms with E-state index in [1.165, 1.54) is 0 Å². The van der Waals surface area contributed by atoms with Gasteiger partial charge in [-0.25, -0.2) is 9.78 Å². The molecule has 2 aromatic heterocycles. The van der Waals surface area contributed by atoms with Gasteiger partial charge in [-0.1, -0.05) is 0 Å². The first-order valence-electron chi connectivity index (χ1n) is 8.18. The highest BCUT2D eigenvalue weighted by Gasteiger charge is 2.21. The number of urea groups is 1.